The minimum atomic E-state index is -1.02. The second-order valence-corrected chi connectivity index (χ2v) is 5.03. The van der Waals surface area contributed by atoms with Crippen molar-refractivity contribution in [3.63, 3.8) is 0 Å². The smallest absolute Gasteiger partial charge is 0.326 e. The maximum atomic E-state index is 11.9. The molecule has 8 N–H and O–H groups in total. The molecule has 0 saturated heterocycles. The molecule has 0 aromatic rings. The molecule has 0 aliphatic heterocycles. The van der Waals surface area contributed by atoms with Crippen LogP contribution in [0.15, 0.2) is 4.99 Å². The van der Waals surface area contributed by atoms with Crippen LogP contribution in [0.2, 0.25) is 0 Å². The van der Waals surface area contributed by atoms with Gasteiger partial charge in [0.15, 0.2) is 5.96 Å². The van der Waals surface area contributed by atoms with Crippen LogP contribution in [0.5, 0.6) is 0 Å². The second-order valence-electron chi connectivity index (χ2n) is 5.03. The van der Waals surface area contributed by atoms with Crippen LogP contribution < -0.4 is 22.5 Å². The van der Waals surface area contributed by atoms with Gasteiger partial charge in [-0.05, 0) is 38.6 Å². The Kier molecular flexibility index (Phi) is 9.95. The molecule has 0 fully saturated rings. The van der Waals surface area contributed by atoms with Crippen molar-refractivity contribution in [1.82, 2.24) is 5.32 Å². The highest BCUT2D eigenvalue weighted by Crippen LogP contribution is 2.08. The van der Waals surface area contributed by atoms with Crippen LogP contribution in [0.1, 0.15) is 39.0 Å². The molecule has 122 valence electrons. The molecule has 1 amide bonds. The average molecular weight is 301 g/mol. The van der Waals surface area contributed by atoms with Crippen molar-refractivity contribution in [3.8, 4) is 0 Å². The van der Waals surface area contributed by atoms with Gasteiger partial charge >= 0.3 is 5.97 Å². The van der Waals surface area contributed by atoms with Gasteiger partial charge in [-0.3, -0.25) is 9.79 Å². The molecule has 2 atom stereocenters. The summed E-state index contributed by atoms with van der Waals surface area (Å²) in [5.74, 6) is -1.54. The van der Waals surface area contributed by atoms with Gasteiger partial charge in [0.2, 0.25) is 5.91 Å². The Morgan fingerprint density at radius 3 is 2.38 bits per heavy atom. The number of hydrogen-bond acceptors (Lipinski definition) is 4. The van der Waals surface area contributed by atoms with E-state index >= 15 is 0 Å². The molecule has 0 radical (unpaired) electrons. The molecular weight excluding hydrogens is 274 g/mol. The summed E-state index contributed by atoms with van der Waals surface area (Å²) in [6, 6.07) is -0.857. The second kappa shape index (κ2) is 10.9. The SMILES string of the molecule is C[C@@H](CCCN=C(N)N)C(=O)N[C@@H](CCCCN)C(=O)O. The molecule has 0 unspecified atom stereocenters. The zero-order valence-electron chi connectivity index (χ0n) is 12.5. The lowest BCUT2D eigenvalue weighted by molar-refractivity contribution is -0.142. The van der Waals surface area contributed by atoms with Gasteiger partial charge in [0.05, 0.1) is 0 Å². The monoisotopic (exact) mass is 301 g/mol. The van der Waals surface area contributed by atoms with Gasteiger partial charge < -0.3 is 27.6 Å². The van der Waals surface area contributed by atoms with Gasteiger partial charge in [-0.15, -0.1) is 0 Å². The molecule has 0 aromatic carbocycles. The third-order valence-corrected chi connectivity index (χ3v) is 3.10. The molecule has 0 bridgehead atoms. The zero-order chi connectivity index (χ0) is 16.3. The molecule has 21 heavy (non-hydrogen) atoms. The Bertz CT molecular complexity index is 356. The van der Waals surface area contributed by atoms with Crippen LogP contribution >= 0.6 is 0 Å². The first-order chi connectivity index (χ1) is 9.88. The average Bonchev–Trinajstić information content (AvgIpc) is 2.41. The fraction of sp³-hybridized carbons (Fsp3) is 0.769. The Balaban J connectivity index is 4.15. The summed E-state index contributed by atoms with van der Waals surface area (Å²) in [7, 11) is 0. The number of carbonyl (C=O) groups is 2. The fourth-order valence-electron chi connectivity index (χ4n) is 1.80. The van der Waals surface area contributed by atoms with Crippen molar-refractivity contribution < 1.29 is 14.7 Å². The van der Waals surface area contributed by atoms with E-state index in [0.717, 1.165) is 6.42 Å². The summed E-state index contributed by atoms with van der Waals surface area (Å²) in [4.78, 5) is 26.9. The summed E-state index contributed by atoms with van der Waals surface area (Å²) in [6.07, 6.45) is 3.06. The first kappa shape index (κ1) is 19.2. The number of nitrogens with one attached hydrogen (secondary N) is 1. The number of aliphatic carboxylic acids is 1. The van der Waals surface area contributed by atoms with Gasteiger partial charge in [0.25, 0.3) is 0 Å². The first-order valence-electron chi connectivity index (χ1n) is 7.17. The first-order valence-corrected chi connectivity index (χ1v) is 7.17. The van der Waals surface area contributed by atoms with Crippen LogP contribution in [0, 0.1) is 5.92 Å². The van der Waals surface area contributed by atoms with Gasteiger partial charge in [0.1, 0.15) is 6.04 Å². The van der Waals surface area contributed by atoms with Gasteiger partial charge in [-0.25, -0.2) is 4.79 Å². The van der Waals surface area contributed by atoms with Crippen molar-refractivity contribution in [1.29, 1.82) is 0 Å². The maximum Gasteiger partial charge on any atom is 0.326 e. The fourth-order valence-corrected chi connectivity index (χ4v) is 1.80. The van der Waals surface area contributed by atoms with E-state index in [1.807, 2.05) is 0 Å². The molecule has 0 spiro atoms. The third-order valence-electron chi connectivity index (χ3n) is 3.10. The minimum Gasteiger partial charge on any atom is -0.480 e. The Labute approximate surface area is 125 Å². The largest absolute Gasteiger partial charge is 0.480 e. The highest BCUT2D eigenvalue weighted by molar-refractivity contribution is 5.84. The number of carbonyl (C=O) groups excluding carboxylic acids is 1. The molecule has 0 heterocycles. The summed E-state index contributed by atoms with van der Waals surface area (Å²) in [5.41, 5.74) is 15.8. The van der Waals surface area contributed by atoms with E-state index in [1.165, 1.54) is 0 Å². The van der Waals surface area contributed by atoms with Crippen LogP contribution in [0.4, 0.5) is 0 Å². The molecule has 0 rings (SSSR count). The number of carboxylic acids is 1. The standard InChI is InChI=1S/C13H27N5O3/c1-9(5-4-8-17-13(15)16)11(19)18-10(12(20)21)6-2-3-7-14/h9-10H,2-8,14H2,1H3,(H,18,19)(H,20,21)(H4,15,16,17)/t9-,10-/m0/s1. The lowest BCUT2D eigenvalue weighted by atomic mass is 10.0. The van der Waals surface area contributed by atoms with Gasteiger partial charge in [-0.1, -0.05) is 6.92 Å². The van der Waals surface area contributed by atoms with E-state index in [1.54, 1.807) is 6.92 Å². The quantitative estimate of drug-likeness (QED) is 0.194. The molecule has 8 nitrogen and oxygen atoms in total. The highest BCUT2D eigenvalue weighted by atomic mass is 16.4. The van der Waals surface area contributed by atoms with Crippen LogP contribution in [0.3, 0.4) is 0 Å². The van der Waals surface area contributed by atoms with Crippen molar-refractivity contribution in [2.24, 2.45) is 28.1 Å². The van der Waals surface area contributed by atoms with Gasteiger partial charge in [0, 0.05) is 12.5 Å². The highest BCUT2D eigenvalue weighted by Gasteiger charge is 2.22. The number of nitrogens with two attached hydrogens (primary N) is 3. The number of unbranched alkanes of at least 4 members (excludes halogenated alkanes) is 1. The summed E-state index contributed by atoms with van der Waals surface area (Å²) in [5, 5.41) is 11.6. The minimum absolute atomic E-state index is 0.0259. The van der Waals surface area contributed by atoms with Crippen molar-refractivity contribution >= 4 is 17.8 Å². The topological polar surface area (TPSA) is 157 Å². The lowest BCUT2D eigenvalue weighted by Gasteiger charge is -2.17. The van der Waals surface area contributed by atoms with Crippen molar-refractivity contribution in [3.05, 3.63) is 0 Å². The molecule has 0 aliphatic carbocycles. The number of aliphatic imine (C=N–C) groups is 1. The Morgan fingerprint density at radius 1 is 1.19 bits per heavy atom. The lowest BCUT2D eigenvalue weighted by Crippen LogP contribution is -2.43. The number of guanidine groups is 1. The molecule has 8 heteroatoms. The molecule has 0 aliphatic rings. The van der Waals surface area contributed by atoms with E-state index in [2.05, 4.69) is 10.3 Å². The van der Waals surface area contributed by atoms with E-state index in [-0.39, 0.29) is 17.8 Å². The number of amides is 1. The van der Waals surface area contributed by atoms with Crippen molar-refractivity contribution in [2.45, 2.75) is 45.1 Å². The van der Waals surface area contributed by atoms with Crippen LogP contribution in [-0.4, -0.2) is 42.1 Å². The molecule has 0 saturated carbocycles. The van der Waals surface area contributed by atoms with Gasteiger partial charge in [-0.2, -0.15) is 0 Å². The predicted molar refractivity (Wildman–Crippen MR) is 81.5 cm³/mol. The van der Waals surface area contributed by atoms with E-state index in [0.29, 0.717) is 38.8 Å². The van der Waals surface area contributed by atoms with Crippen molar-refractivity contribution in [2.75, 3.05) is 13.1 Å². The zero-order valence-corrected chi connectivity index (χ0v) is 12.5. The summed E-state index contributed by atoms with van der Waals surface area (Å²) in [6.45, 7) is 2.73. The maximum absolute atomic E-state index is 11.9. The number of nitrogens with zero attached hydrogens (tertiary/aromatic N) is 1. The normalized spacial score (nSPS) is 13.2. The predicted octanol–water partition coefficient (Wildman–Crippen LogP) is -0.625. The number of carboxylic acid groups (broad SMARTS) is 1. The Morgan fingerprint density at radius 2 is 1.86 bits per heavy atom. The van der Waals surface area contributed by atoms with E-state index < -0.39 is 12.0 Å². The Hall–Kier alpha value is -1.83. The number of rotatable bonds is 11. The third kappa shape index (κ3) is 9.67. The molecular formula is C13H27N5O3. The number of hydrogen-bond donors (Lipinski definition) is 5. The summed E-state index contributed by atoms with van der Waals surface area (Å²) < 4.78 is 0. The van der Waals surface area contributed by atoms with E-state index in [9.17, 15) is 9.59 Å². The van der Waals surface area contributed by atoms with Crippen LogP contribution in [-0.2, 0) is 9.59 Å². The molecule has 0 aromatic heterocycles. The van der Waals surface area contributed by atoms with Crippen LogP contribution in [0.25, 0.3) is 0 Å². The van der Waals surface area contributed by atoms with E-state index in [4.69, 9.17) is 22.3 Å². The summed E-state index contributed by atoms with van der Waals surface area (Å²) >= 11 is 0.